The van der Waals surface area contributed by atoms with Crippen molar-refractivity contribution in [3.63, 3.8) is 0 Å². The van der Waals surface area contributed by atoms with E-state index in [2.05, 4.69) is 41.1 Å². The molecule has 1 aromatic heterocycles. The van der Waals surface area contributed by atoms with Crippen molar-refractivity contribution in [1.29, 1.82) is 0 Å². The number of aliphatic hydroxyl groups excluding tert-OH is 1. The maximum atomic E-state index is 10.3. The zero-order valence-corrected chi connectivity index (χ0v) is 15.7. The highest BCUT2D eigenvalue weighted by atomic mass is 32.2. The van der Waals surface area contributed by atoms with Crippen molar-refractivity contribution >= 4 is 11.8 Å². The van der Waals surface area contributed by atoms with Crippen LogP contribution in [-0.2, 0) is 13.2 Å². The van der Waals surface area contributed by atoms with Crippen molar-refractivity contribution in [1.82, 2.24) is 9.88 Å². The average Bonchev–Trinajstić information content (AvgIpc) is 2.61. The Morgan fingerprint density at radius 1 is 1.24 bits per heavy atom. The van der Waals surface area contributed by atoms with Gasteiger partial charge in [0.15, 0.2) is 0 Å². The van der Waals surface area contributed by atoms with E-state index in [4.69, 9.17) is 0 Å². The van der Waals surface area contributed by atoms with Gasteiger partial charge in [-0.3, -0.25) is 9.88 Å². The topological polar surface area (TPSA) is 56.6 Å². The van der Waals surface area contributed by atoms with Gasteiger partial charge < -0.3 is 10.2 Å². The molecule has 0 bridgehead atoms. The fourth-order valence-corrected chi connectivity index (χ4v) is 4.53. The van der Waals surface area contributed by atoms with E-state index >= 15 is 0 Å². The predicted molar refractivity (Wildman–Crippen MR) is 102 cm³/mol. The normalized spacial score (nSPS) is 16.3. The monoisotopic (exact) mass is 358 g/mol. The van der Waals surface area contributed by atoms with E-state index in [-0.39, 0.29) is 12.4 Å². The van der Waals surface area contributed by atoms with Crippen LogP contribution in [0.15, 0.2) is 35.4 Å². The quantitative estimate of drug-likeness (QED) is 0.854. The number of aliphatic hydroxyl groups is 1. The zero-order chi connectivity index (χ0) is 17.8. The average molecular weight is 359 g/mol. The molecule has 1 saturated heterocycles. The Bertz CT molecular complexity index is 728. The molecule has 0 aliphatic carbocycles. The van der Waals surface area contributed by atoms with Crippen molar-refractivity contribution < 1.29 is 10.2 Å². The number of pyridine rings is 1. The Kier molecular flexibility index (Phi) is 5.99. The Hall–Kier alpha value is -1.56. The summed E-state index contributed by atoms with van der Waals surface area (Å²) in [5.41, 5.74) is 3.47. The Morgan fingerprint density at radius 3 is 2.68 bits per heavy atom. The summed E-state index contributed by atoms with van der Waals surface area (Å²) < 4.78 is 0. The van der Waals surface area contributed by atoms with Gasteiger partial charge in [0, 0.05) is 34.0 Å². The molecule has 0 radical (unpaired) electrons. The van der Waals surface area contributed by atoms with Crippen LogP contribution in [0, 0.1) is 13.8 Å². The molecule has 1 aliphatic heterocycles. The molecule has 1 aromatic carbocycles. The lowest BCUT2D eigenvalue weighted by Crippen LogP contribution is -2.34. The standard InChI is InChI=1S/C20H26N2O2S/c1-14-4-3-5-18(10-14)25-17-6-8-22(9-7-17)12-19-16(13-23)11-21-15(2)20(19)24/h3-5,10-11,17,23-24H,6-9,12-13H2,1-2H3. The first-order valence-corrected chi connectivity index (χ1v) is 9.67. The molecular formula is C20H26N2O2S. The highest BCUT2D eigenvalue weighted by molar-refractivity contribution is 8.00. The maximum Gasteiger partial charge on any atom is 0.141 e. The van der Waals surface area contributed by atoms with Gasteiger partial charge in [-0.15, -0.1) is 11.8 Å². The van der Waals surface area contributed by atoms with Crippen LogP contribution < -0.4 is 0 Å². The van der Waals surface area contributed by atoms with Gasteiger partial charge in [-0.1, -0.05) is 17.7 Å². The van der Waals surface area contributed by atoms with Gasteiger partial charge >= 0.3 is 0 Å². The summed E-state index contributed by atoms with van der Waals surface area (Å²) in [4.78, 5) is 7.85. The fourth-order valence-electron chi connectivity index (χ4n) is 3.29. The molecule has 5 heteroatoms. The third-order valence-electron chi connectivity index (χ3n) is 4.81. The summed E-state index contributed by atoms with van der Waals surface area (Å²) in [7, 11) is 0. The second-order valence-corrected chi connectivity index (χ2v) is 8.14. The van der Waals surface area contributed by atoms with Gasteiger partial charge in [-0.25, -0.2) is 0 Å². The number of likely N-dealkylation sites (tertiary alicyclic amines) is 1. The summed E-state index contributed by atoms with van der Waals surface area (Å²) in [6.45, 7) is 6.53. The molecule has 0 unspecified atom stereocenters. The van der Waals surface area contributed by atoms with Gasteiger partial charge in [0.2, 0.25) is 0 Å². The summed E-state index contributed by atoms with van der Waals surface area (Å²) in [5.74, 6) is 0.225. The minimum absolute atomic E-state index is 0.0875. The molecule has 0 atom stereocenters. The smallest absolute Gasteiger partial charge is 0.141 e. The molecular weight excluding hydrogens is 332 g/mol. The lowest BCUT2D eigenvalue weighted by Gasteiger charge is -2.32. The van der Waals surface area contributed by atoms with Crippen LogP contribution in [0.25, 0.3) is 0 Å². The zero-order valence-electron chi connectivity index (χ0n) is 14.9. The minimum atomic E-state index is -0.0875. The second-order valence-electron chi connectivity index (χ2n) is 6.76. The SMILES string of the molecule is Cc1cccc(SC2CCN(Cc3c(CO)cnc(C)c3O)CC2)c1. The number of benzene rings is 1. The van der Waals surface area contributed by atoms with E-state index in [1.54, 1.807) is 13.1 Å². The maximum absolute atomic E-state index is 10.3. The number of hydrogen-bond acceptors (Lipinski definition) is 5. The van der Waals surface area contributed by atoms with Crippen molar-refractivity contribution in [2.75, 3.05) is 13.1 Å². The van der Waals surface area contributed by atoms with E-state index in [0.29, 0.717) is 17.5 Å². The van der Waals surface area contributed by atoms with Crippen LogP contribution in [0.2, 0.25) is 0 Å². The number of aromatic hydroxyl groups is 1. The highest BCUT2D eigenvalue weighted by Gasteiger charge is 2.22. The van der Waals surface area contributed by atoms with Gasteiger partial charge in [-0.05, 0) is 51.9 Å². The van der Waals surface area contributed by atoms with Crippen molar-refractivity contribution in [3.8, 4) is 5.75 Å². The second kappa shape index (κ2) is 8.21. The van der Waals surface area contributed by atoms with Gasteiger partial charge in [0.25, 0.3) is 0 Å². The van der Waals surface area contributed by atoms with Crippen molar-refractivity contribution in [3.05, 3.63) is 52.8 Å². The van der Waals surface area contributed by atoms with Gasteiger partial charge in [0.05, 0.1) is 12.3 Å². The van der Waals surface area contributed by atoms with Crippen molar-refractivity contribution in [2.24, 2.45) is 0 Å². The summed E-state index contributed by atoms with van der Waals surface area (Å²) in [6, 6.07) is 8.70. The number of nitrogens with zero attached hydrogens (tertiary/aromatic N) is 2. The first kappa shape index (κ1) is 18.2. The Morgan fingerprint density at radius 2 is 2.00 bits per heavy atom. The lowest BCUT2D eigenvalue weighted by molar-refractivity contribution is 0.217. The van der Waals surface area contributed by atoms with E-state index < -0.39 is 0 Å². The summed E-state index contributed by atoms with van der Waals surface area (Å²) in [5, 5.41) is 20.5. The molecule has 134 valence electrons. The lowest BCUT2D eigenvalue weighted by atomic mass is 10.1. The molecule has 1 fully saturated rings. The predicted octanol–water partition coefficient (Wildman–Crippen LogP) is 3.65. The number of aryl methyl sites for hydroxylation is 2. The summed E-state index contributed by atoms with van der Waals surface area (Å²) in [6.07, 6.45) is 3.94. The molecule has 4 nitrogen and oxygen atoms in total. The highest BCUT2D eigenvalue weighted by Crippen LogP contribution is 2.32. The van der Waals surface area contributed by atoms with Crippen LogP contribution in [0.1, 0.15) is 35.2 Å². The van der Waals surface area contributed by atoms with Crippen LogP contribution in [0.3, 0.4) is 0 Å². The number of piperidine rings is 1. The minimum Gasteiger partial charge on any atom is -0.506 e. The van der Waals surface area contributed by atoms with E-state index in [9.17, 15) is 10.2 Å². The first-order valence-electron chi connectivity index (χ1n) is 8.79. The fraction of sp³-hybridized carbons (Fsp3) is 0.450. The van der Waals surface area contributed by atoms with Crippen molar-refractivity contribution in [2.45, 2.75) is 50.0 Å². The number of thioether (sulfide) groups is 1. The molecule has 3 rings (SSSR count). The molecule has 0 amide bonds. The molecule has 2 N–H and O–H groups in total. The molecule has 1 aliphatic rings. The molecule has 0 spiro atoms. The third-order valence-corrected chi connectivity index (χ3v) is 6.14. The first-order chi connectivity index (χ1) is 12.1. The van der Waals surface area contributed by atoms with Gasteiger partial charge in [-0.2, -0.15) is 0 Å². The third kappa shape index (κ3) is 4.54. The molecule has 2 aromatic rings. The largest absolute Gasteiger partial charge is 0.506 e. The van der Waals surface area contributed by atoms with Gasteiger partial charge in [0.1, 0.15) is 5.75 Å². The number of rotatable bonds is 5. The summed E-state index contributed by atoms with van der Waals surface area (Å²) >= 11 is 1.97. The number of aromatic nitrogens is 1. The Balaban J connectivity index is 1.59. The molecule has 25 heavy (non-hydrogen) atoms. The van der Waals surface area contributed by atoms with E-state index in [1.807, 2.05) is 11.8 Å². The molecule has 2 heterocycles. The Labute approximate surface area is 153 Å². The van der Waals surface area contributed by atoms with Crippen LogP contribution in [0.4, 0.5) is 0 Å². The molecule has 0 saturated carbocycles. The van der Waals surface area contributed by atoms with E-state index in [0.717, 1.165) is 37.1 Å². The van der Waals surface area contributed by atoms with Crippen LogP contribution in [0.5, 0.6) is 5.75 Å². The number of hydrogen-bond donors (Lipinski definition) is 2. The van der Waals surface area contributed by atoms with Crippen LogP contribution >= 0.6 is 11.8 Å². The van der Waals surface area contributed by atoms with E-state index in [1.165, 1.54) is 10.5 Å². The van der Waals surface area contributed by atoms with Crippen LogP contribution in [-0.4, -0.2) is 38.4 Å².